The lowest BCUT2D eigenvalue weighted by Crippen LogP contribution is -2.25. The van der Waals surface area contributed by atoms with E-state index in [4.69, 9.17) is 10.2 Å². The lowest BCUT2D eigenvalue weighted by Gasteiger charge is -2.10. The molecule has 0 aliphatic heterocycles. The number of rotatable bonds is 5. The summed E-state index contributed by atoms with van der Waals surface area (Å²) in [6.07, 6.45) is 0. The Bertz CT molecular complexity index is 710. The first-order chi connectivity index (χ1) is 9.44. The molecule has 2 rings (SSSR count). The van der Waals surface area contributed by atoms with Crippen molar-refractivity contribution in [3.05, 3.63) is 53.2 Å². The van der Waals surface area contributed by atoms with Gasteiger partial charge in [0.15, 0.2) is 0 Å². The zero-order valence-corrected chi connectivity index (χ0v) is 11.7. The predicted octanol–water partition coefficient (Wildman–Crippen LogP) is 1.66. The van der Waals surface area contributed by atoms with Gasteiger partial charge in [-0.05, 0) is 31.2 Å². The Morgan fingerprint density at radius 2 is 2.05 bits per heavy atom. The molecule has 1 heterocycles. The van der Waals surface area contributed by atoms with Crippen LogP contribution in [-0.2, 0) is 23.1 Å². The van der Waals surface area contributed by atoms with Crippen LogP contribution < -0.4 is 10.5 Å². The summed E-state index contributed by atoms with van der Waals surface area (Å²) in [4.78, 5) is -0.150. The second-order valence-electron chi connectivity index (χ2n) is 4.26. The summed E-state index contributed by atoms with van der Waals surface area (Å²) in [5.41, 5.74) is 5.38. The first-order valence-corrected chi connectivity index (χ1v) is 7.45. The van der Waals surface area contributed by atoms with Crippen LogP contribution in [0.25, 0.3) is 0 Å². The Morgan fingerprint density at radius 1 is 1.30 bits per heavy atom. The van der Waals surface area contributed by atoms with Gasteiger partial charge in [0.25, 0.3) is 0 Å². The van der Waals surface area contributed by atoms with Gasteiger partial charge in [0.1, 0.15) is 17.3 Å². The van der Waals surface area contributed by atoms with Crippen LogP contribution in [0.4, 0.5) is 4.39 Å². The third-order valence-corrected chi connectivity index (χ3v) is 4.29. The summed E-state index contributed by atoms with van der Waals surface area (Å²) in [7, 11) is -3.84. The maximum atomic E-state index is 13.6. The van der Waals surface area contributed by atoms with Gasteiger partial charge in [0.05, 0.1) is 11.4 Å². The van der Waals surface area contributed by atoms with Crippen LogP contribution in [0.3, 0.4) is 0 Å². The quantitative estimate of drug-likeness (QED) is 0.879. The second-order valence-corrected chi connectivity index (χ2v) is 5.99. The Kier molecular flexibility index (Phi) is 4.22. The highest BCUT2D eigenvalue weighted by Gasteiger charge is 2.20. The molecule has 7 heteroatoms. The molecular formula is C13H15FN2O3S. The van der Waals surface area contributed by atoms with E-state index >= 15 is 0 Å². The lowest BCUT2D eigenvalue weighted by atomic mass is 10.2. The monoisotopic (exact) mass is 298 g/mol. The standard InChI is InChI=1S/C13H15FN2O3S/c1-9-5-6-10(19-9)8-16-20(17,18)13-4-2-3-12(14)11(13)7-15/h2-6,16H,7-8,15H2,1H3. The molecule has 5 nitrogen and oxygen atoms in total. The van der Waals surface area contributed by atoms with E-state index in [2.05, 4.69) is 4.72 Å². The van der Waals surface area contributed by atoms with E-state index < -0.39 is 15.8 Å². The third kappa shape index (κ3) is 3.06. The van der Waals surface area contributed by atoms with Crippen molar-refractivity contribution in [2.75, 3.05) is 0 Å². The summed E-state index contributed by atoms with van der Waals surface area (Å²) < 4.78 is 45.5. The maximum Gasteiger partial charge on any atom is 0.241 e. The van der Waals surface area contributed by atoms with E-state index in [0.29, 0.717) is 11.5 Å². The van der Waals surface area contributed by atoms with Crippen molar-refractivity contribution in [2.45, 2.75) is 24.9 Å². The molecule has 1 aromatic carbocycles. The molecular weight excluding hydrogens is 283 g/mol. The van der Waals surface area contributed by atoms with Crippen molar-refractivity contribution in [1.82, 2.24) is 4.72 Å². The molecule has 0 unspecified atom stereocenters. The number of benzene rings is 1. The van der Waals surface area contributed by atoms with E-state index in [9.17, 15) is 12.8 Å². The van der Waals surface area contributed by atoms with E-state index in [0.717, 1.165) is 0 Å². The Hall–Kier alpha value is -1.70. The Labute approximate surface area is 116 Å². The van der Waals surface area contributed by atoms with Gasteiger partial charge in [0.2, 0.25) is 10.0 Å². The molecule has 20 heavy (non-hydrogen) atoms. The molecule has 1 aromatic heterocycles. The van der Waals surface area contributed by atoms with E-state index in [-0.39, 0.29) is 23.5 Å². The highest BCUT2D eigenvalue weighted by atomic mass is 32.2. The van der Waals surface area contributed by atoms with Gasteiger partial charge in [-0.25, -0.2) is 17.5 Å². The number of hydrogen-bond acceptors (Lipinski definition) is 4. The molecule has 0 aliphatic carbocycles. The van der Waals surface area contributed by atoms with Crippen LogP contribution in [0.15, 0.2) is 39.6 Å². The van der Waals surface area contributed by atoms with Crippen LogP contribution in [0.5, 0.6) is 0 Å². The predicted molar refractivity (Wildman–Crippen MR) is 71.8 cm³/mol. The molecule has 0 saturated carbocycles. The minimum Gasteiger partial charge on any atom is -0.465 e. The van der Waals surface area contributed by atoms with Crippen molar-refractivity contribution in [1.29, 1.82) is 0 Å². The molecule has 0 radical (unpaired) electrons. The van der Waals surface area contributed by atoms with Crippen molar-refractivity contribution < 1.29 is 17.2 Å². The number of sulfonamides is 1. The molecule has 2 aromatic rings. The van der Waals surface area contributed by atoms with Crippen molar-refractivity contribution in [3.8, 4) is 0 Å². The zero-order chi connectivity index (χ0) is 14.8. The molecule has 108 valence electrons. The highest BCUT2D eigenvalue weighted by Crippen LogP contribution is 2.18. The van der Waals surface area contributed by atoms with Gasteiger partial charge in [-0.2, -0.15) is 0 Å². The number of hydrogen-bond donors (Lipinski definition) is 2. The normalized spacial score (nSPS) is 11.8. The van der Waals surface area contributed by atoms with Crippen LogP contribution in [0, 0.1) is 12.7 Å². The molecule has 0 bridgehead atoms. The first-order valence-electron chi connectivity index (χ1n) is 5.96. The Morgan fingerprint density at radius 3 is 2.65 bits per heavy atom. The lowest BCUT2D eigenvalue weighted by molar-refractivity contribution is 0.475. The SMILES string of the molecule is Cc1ccc(CNS(=O)(=O)c2cccc(F)c2CN)o1. The summed E-state index contributed by atoms with van der Waals surface area (Å²) >= 11 is 0. The molecule has 0 atom stereocenters. The van der Waals surface area contributed by atoms with Crippen LogP contribution in [0.2, 0.25) is 0 Å². The van der Waals surface area contributed by atoms with Crippen LogP contribution >= 0.6 is 0 Å². The highest BCUT2D eigenvalue weighted by molar-refractivity contribution is 7.89. The number of halogens is 1. The largest absolute Gasteiger partial charge is 0.465 e. The summed E-state index contributed by atoms with van der Waals surface area (Å²) in [5.74, 6) is 0.536. The van der Waals surface area contributed by atoms with Gasteiger partial charge in [-0.1, -0.05) is 6.07 Å². The van der Waals surface area contributed by atoms with Crippen molar-refractivity contribution in [3.63, 3.8) is 0 Å². The number of furan rings is 1. The molecule has 0 saturated heterocycles. The smallest absolute Gasteiger partial charge is 0.241 e. The minimum atomic E-state index is -3.84. The van der Waals surface area contributed by atoms with E-state index in [1.807, 2.05) is 0 Å². The average Bonchev–Trinajstić information content (AvgIpc) is 2.82. The van der Waals surface area contributed by atoms with Crippen LogP contribution in [-0.4, -0.2) is 8.42 Å². The summed E-state index contributed by atoms with van der Waals surface area (Å²) in [6, 6.07) is 7.24. The fourth-order valence-electron chi connectivity index (χ4n) is 1.81. The van der Waals surface area contributed by atoms with Gasteiger partial charge in [0, 0.05) is 12.1 Å². The number of aryl methyl sites for hydroxylation is 1. The fourth-order valence-corrected chi connectivity index (χ4v) is 3.06. The summed E-state index contributed by atoms with van der Waals surface area (Å²) in [6.45, 7) is 1.57. The molecule has 0 spiro atoms. The zero-order valence-electron chi connectivity index (χ0n) is 10.9. The molecule has 0 aliphatic rings. The minimum absolute atomic E-state index is 0.00328. The molecule has 0 fully saturated rings. The Balaban J connectivity index is 2.24. The van der Waals surface area contributed by atoms with Crippen LogP contribution in [0.1, 0.15) is 17.1 Å². The molecule has 0 amide bonds. The van der Waals surface area contributed by atoms with Gasteiger partial charge >= 0.3 is 0 Å². The summed E-state index contributed by atoms with van der Waals surface area (Å²) in [5, 5.41) is 0. The topological polar surface area (TPSA) is 85.3 Å². The van der Waals surface area contributed by atoms with E-state index in [1.54, 1.807) is 19.1 Å². The molecule has 3 N–H and O–H groups in total. The second kappa shape index (κ2) is 5.74. The first kappa shape index (κ1) is 14.7. The maximum absolute atomic E-state index is 13.6. The fraction of sp³-hybridized carbons (Fsp3) is 0.231. The van der Waals surface area contributed by atoms with Gasteiger partial charge in [-0.3, -0.25) is 0 Å². The van der Waals surface area contributed by atoms with Crippen molar-refractivity contribution in [2.24, 2.45) is 5.73 Å². The average molecular weight is 298 g/mol. The van der Waals surface area contributed by atoms with Gasteiger partial charge < -0.3 is 10.2 Å². The van der Waals surface area contributed by atoms with Crippen molar-refractivity contribution >= 4 is 10.0 Å². The third-order valence-electron chi connectivity index (χ3n) is 2.80. The van der Waals surface area contributed by atoms with Gasteiger partial charge in [-0.15, -0.1) is 0 Å². The number of nitrogens with one attached hydrogen (secondary N) is 1. The number of nitrogens with two attached hydrogens (primary N) is 1. The van der Waals surface area contributed by atoms with E-state index in [1.165, 1.54) is 18.2 Å².